The molecule has 0 unspecified atom stereocenters. The van der Waals surface area contributed by atoms with Crippen molar-refractivity contribution in [1.29, 1.82) is 0 Å². The van der Waals surface area contributed by atoms with Crippen LogP contribution in [0.4, 0.5) is 22.7 Å². The van der Waals surface area contributed by atoms with Crippen LogP contribution in [0.1, 0.15) is 0 Å². The van der Waals surface area contributed by atoms with Gasteiger partial charge in [-0.2, -0.15) is 0 Å². The molecule has 2 bridgehead atoms. The Balaban J connectivity index is 1.60. The van der Waals surface area contributed by atoms with E-state index in [-0.39, 0.29) is 0 Å². The van der Waals surface area contributed by atoms with Crippen LogP contribution in [-0.4, -0.2) is 31.4 Å². The van der Waals surface area contributed by atoms with Gasteiger partial charge in [-0.15, -0.1) is 0 Å². The summed E-state index contributed by atoms with van der Waals surface area (Å²) in [5, 5.41) is 7.26. The van der Waals surface area contributed by atoms with Gasteiger partial charge in [0.05, 0.1) is 0 Å². The van der Waals surface area contributed by atoms with E-state index in [2.05, 4.69) is 104 Å². The number of hydrogen-bond donors (Lipinski definition) is 2. The minimum absolute atomic E-state index is 0.421. The Hall–Kier alpha value is -2.85. The molecule has 0 saturated heterocycles. The predicted octanol–water partition coefficient (Wildman–Crippen LogP) is 2.60. The number of nitrogens with zero attached hydrogens (tertiary/aromatic N) is 4. The normalized spacial score (nSPS) is 19.6. The summed E-state index contributed by atoms with van der Waals surface area (Å²) < 4.78 is 2.72. The number of anilines is 4. The Morgan fingerprint density at radius 3 is 1.63 bits per heavy atom. The average molecular weight is 537 g/mol. The predicted molar refractivity (Wildman–Crippen MR) is 107 cm³/mol. The van der Waals surface area contributed by atoms with Gasteiger partial charge in [-0.1, -0.05) is 0 Å². The second-order valence-electron chi connectivity index (χ2n) is 6.54. The van der Waals surface area contributed by atoms with Crippen molar-refractivity contribution < 1.29 is 17.6 Å². The van der Waals surface area contributed by atoms with E-state index in [1.165, 1.54) is 19.7 Å². The molecule has 0 aromatic heterocycles. The standard InChI is InChI=1S/C20H18N6.Pt/c1-3-7-19-17(5-1)21-13-23-10-12-26(16-23)20-8-4-2-6-18(20)22-14-24-9-11-25(19)15-24;/h1-12,21-22H,13-14H2;. The molecule has 0 atom stereocenters. The van der Waals surface area contributed by atoms with Crippen LogP contribution < -0.4 is 20.4 Å². The summed E-state index contributed by atoms with van der Waals surface area (Å²) in [6.07, 6.45) is 8.75. The van der Waals surface area contributed by atoms with E-state index < -0.39 is 17.6 Å². The van der Waals surface area contributed by atoms with Crippen LogP contribution in [0.5, 0.6) is 0 Å². The molecule has 6 nitrogen and oxygen atoms in total. The van der Waals surface area contributed by atoms with E-state index in [4.69, 9.17) is 0 Å². The second-order valence-corrected chi connectivity index (χ2v) is 9.14. The van der Waals surface area contributed by atoms with Crippen molar-refractivity contribution in [2.24, 2.45) is 0 Å². The van der Waals surface area contributed by atoms with Crippen molar-refractivity contribution in [2.45, 2.75) is 0 Å². The summed E-state index contributed by atoms with van der Waals surface area (Å²) in [7, 11) is 0. The van der Waals surface area contributed by atoms with E-state index in [1.807, 2.05) is 0 Å². The first-order chi connectivity index (χ1) is 13.4. The van der Waals surface area contributed by atoms with Crippen LogP contribution in [-0.2, 0) is 17.6 Å². The van der Waals surface area contributed by atoms with Crippen molar-refractivity contribution in [3.63, 3.8) is 0 Å². The Morgan fingerprint density at radius 1 is 0.630 bits per heavy atom. The second kappa shape index (κ2) is 5.83. The third-order valence-electron chi connectivity index (χ3n) is 4.95. The van der Waals surface area contributed by atoms with Gasteiger partial charge < -0.3 is 0 Å². The quantitative estimate of drug-likeness (QED) is 0.539. The summed E-state index contributed by atoms with van der Waals surface area (Å²) in [6, 6.07) is 17.1. The van der Waals surface area contributed by atoms with Crippen molar-refractivity contribution in [3.8, 4) is 0 Å². The van der Waals surface area contributed by atoms with Crippen molar-refractivity contribution in [1.82, 2.24) is 9.80 Å². The summed E-state index contributed by atoms with van der Waals surface area (Å²) in [5.74, 6) is 0. The molecule has 4 heterocycles. The van der Waals surface area contributed by atoms with Crippen LogP contribution in [0.15, 0.2) is 73.3 Å². The van der Waals surface area contributed by atoms with E-state index in [1.54, 1.807) is 0 Å². The van der Waals surface area contributed by atoms with Crippen molar-refractivity contribution in [2.75, 3.05) is 33.8 Å². The van der Waals surface area contributed by atoms with E-state index >= 15 is 0 Å². The molecule has 4 aliphatic heterocycles. The zero-order valence-electron chi connectivity index (χ0n) is 14.4. The molecule has 2 N–H and O–H groups in total. The zero-order chi connectivity index (χ0) is 17.8. The van der Waals surface area contributed by atoms with Crippen molar-refractivity contribution >= 4 is 31.0 Å². The van der Waals surface area contributed by atoms with E-state index in [9.17, 15) is 0 Å². The fourth-order valence-corrected chi connectivity index (χ4v) is 6.85. The van der Waals surface area contributed by atoms with Gasteiger partial charge in [-0.3, -0.25) is 0 Å². The minimum atomic E-state index is -0.421. The molecule has 0 aliphatic carbocycles. The van der Waals surface area contributed by atoms with Crippen LogP contribution >= 0.6 is 0 Å². The summed E-state index contributed by atoms with van der Waals surface area (Å²) in [6.45, 7) is 1.53. The van der Waals surface area contributed by atoms with Gasteiger partial charge >= 0.3 is 166 Å². The Bertz CT molecular complexity index is 986. The third-order valence-corrected chi connectivity index (χ3v) is 8.36. The van der Waals surface area contributed by atoms with Gasteiger partial charge in [0.25, 0.3) is 0 Å². The van der Waals surface area contributed by atoms with E-state index in [0.717, 1.165) is 24.7 Å². The Kier molecular flexibility index (Phi) is 3.29. The van der Waals surface area contributed by atoms with Gasteiger partial charge in [0.2, 0.25) is 0 Å². The number of nitrogens with one attached hydrogen (secondary N) is 2. The number of benzene rings is 2. The molecule has 0 spiro atoms. The van der Waals surface area contributed by atoms with Gasteiger partial charge in [0.1, 0.15) is 0 Å². The van der Waals surface area contributed by atoms with E-state index in [0.29, 0.717) is 0 Å². The summed E-state index contributed by atoms with van der Waals surface area (Å²) >= 11 is -0.421. The van der Waals surface area contributed by atoms with Crippen LogP contribution in [0.2, 0.25) is 0 Å². The molecule has 0 amide bonds. The molecule has 6 rings (SSSR count). The fraction of sp³-hybridized carbons (Fsp3) is 0.100. The molecule has 0 fully saturated rings. The molecule has 2 aromatic rings. The SMILES string of the molecule is C1=CN2[C]3=[Pt]=[C]4N(C=CN4c4ccccc4NCN13)CNc1ccccc12. The van der Waals surface area contributed by atoms with Gasteiger partial charge in [0, 0.05) is 0 Å². The number of fused-ring (bicyclic) bond motifs is 4. The van der Waals surface area contributed by atoms with Crippen molar-refractivity contribution in [3.05, 3.63) is 73.3 Å². The molecule has 138 valence electrons. The van der Waals surface area contributed by atoms with Crippen LogP contribution in [0, 0.1) is 0 Å². The fourth-order valence-electron chi connectivity index (χ4n) is 3.61. The molecule has 0 radical (unpaired) electrons. The molecular weight excluding hydrogens is 519 g/mol. The summed E-state index contributed by atoms with van der Waals surface area (Å²) in [5.41, 5.74) is 4.73. The topological polar surface area (TPSA) is 37.0 Å². The first kappa shape index (κ1) is 15.2. The van der Waals surface area contributed by atoms with Crippen LogP contribution in [0.25, 0.3) is 0 Å². The summed E-state index contributed by atoms with van der Waals surface area (Å²) in [4.78, 5) is 9.39. The van der Waals surface area contributed by atoms with Gasteiger partial charge in [-0.25, -0.2) is 0 Å². The maximum absolute atomic E-state index is 3.63. The first-order valence-electron chi connectivity index (χ1n) is 8.85. The van der Waals surface area contributed by atoms with Gasteiger partial charge in [-0.05, 0) is 0 Å². The molecule has 4 aliphatic rings. The Morgan fingerprint density at radius 2 is 1.11 bits per heavy atom. The van der Waals surface area contributed by atoms with Gasteiger partial charge in [0.15, 0.2) is 0 Å². The zero-order valence-corrected chi connectivity index (χ0v) is 16.7. The molecule has 27 heavy (non-hydrogen) atoms. The maximum atomic E-state index is 3.63. The average Bonchev–Trinajstić information content (AvgIpc) is 3.30. The number of hydrogen-bond acceptors (Lipinski definition) is 6. The monoisotopic (exact) mass is 537 g/mol. The third kappa shape index (κ3) is 2.30. The molecule has 0 saturated carbocycles. The molecular formula is C20H18N6Pt. The Labute approximate surface area is 165 Å². The number of para-hydroxylation sites is 4. The number of rotatable bonds is 0. The van der Waals surface area contributed by atoms with Crippen LogP contribution in [0.3, 0.4) is 0 Å². The molecule has 7 heteroatoms. The first-order valence-corrected chi connectivity index (χ1v) is 11.1. The molecule has 2 aromatic carbocycles.